The van der Waals surface area contributed by atoms with E-state index in [1.165, 1.54) is 6.07 Å². The molecule has 218 valence electrons. The average Bonchev–Trinajstić information content (AvgIpc) is 3.18. The zero-order valence-electron chi connectivity index (χ0n) is 23.3. The quantitative estimate of drug-likeness (QED) is 0.389. The topological polar surface area (TPSA) is 114 Å². The number of nitrogens with zero attached hydrogens (tertiary/aromatic N) is 2. The lowest BCUT2D eigenvalue weighted by Crippen LogP contribution is -2.43. The third kappa shape index (κ3) is 5.78. The molecule has 2 N–H and O–H groups in total. The van der Waals surface area contributed by atoms with E-state index >= 15 is 0 Å². The van der Waals surface area contributed by atoms with Crippen LogP contribution >= 0.6 is 0 Å². The van der Waals surface area contributed by atoms with Gasteiger partial charge in [-0.25, -0.2) is 12.7 Å². The van der Waals surface area contributed by atoms with E-state index in [0.29, 0.717) is 37.2 Å². The highest BCUT2D eigenvalue weighted by Gasteiger charge is 2.34. The number of para-hydroxylation sites is 1. The van der Waals surface area contributed by atoms with Crippen LogP contribution in [0.25, 0.3) is 10.9 Å². The van der Waals surface area contributed by atoms with Crippen molar-refractivity contribution in [2.24, 2.45) is 5.92 Å². The van der Waals surface area contributed by atoms with Gasteiger partial charge in [0.2, 0.25) is 10.0 Å². The summed E-state index contributed by atoms with van der Waals surface area (Å²) >= 11 is 0. The third-order valence-corrected chi connectivity index (χ3v) is 10.1. The van der Waals surface area contributed by atoms with Crippen LogP contribution in [-0.2, 0) is 16.6 Å². The highest BCUT2D eigenvalue weighted by molar-refractivity contribution is 7.89. The van der Waals surface area contributed by atoms with Gasteiger partial charge >= 0.3 is 6.61 Å². The number of hydrogen-bond acceptors (Lipinski definition) is 5. The zero-order chi connectivity index (χ0) is 29.4. The van der Waals surface area contributed by atoms with Crippen molar-refractivity contribution in [3.63, 3.8) is 0 Å². The lowest BCUT2D eigenvalue weighted by molar-refractivity contribution is -0.0506. The van der Waals surface area contributed by atoms with Crippen molar-refractivity contribution in [1.29, 1.82) is 0 Å². The molecule has 1 saturated heterocycles. The summed E-state index contributed by atoms with van der Waals surface area (Å²) in [6.45, 7) is 6.36. The fraction of sp³-hybridized carbons (Fsp3) is 0.500. The first-order chi connectivity index (χ1) is 18.8. The van der Waals surface area contributed by atoms with Crippen molar-refractivity contribution in [2.45, 2.75) is 71.9 Å². The Balaban J connectivity index is 1.60. The Morgan fingerprint density at radius 3 is 2.42 bits per heavy atom. The van der Waals surface area contributed by atoms with E-state index < -0.39 is 33.4 Å². The number of carbonyl (C=O) groups is 1. The molecule has 3 aromatic rings. The standard InChI is InChI=1S/C28H36F2N4O5S/c1-16(2)40(37,38)33-12-10-20(11-13-33)18(4)34-19(5)25(21-8-6-7-9-23(21)34)27(36)31-15-22-24(39-28(29)30)14-17(3)32-26(22)35/h6-9,14,16,18,20,28H,10-13,15H2,1-5H3,(H,31,36)(H,32,35). The second-order valence-corrected chi connectivity index (χ2v) is 13.1. The molecule has 1 aliphatic heterocycles. The average molecular weight is 579 g/mol. The van der Waals surface area contributed by atoms with Crippen LogP contribution in [0, 0.1) is 19.8 Å². The predicted molar refractivity (Wildman–Crippen MR) is 149 cm³/mol. The number of benzene rings is 1. The summed E-state index contributed by atoms with van der Waals surface area (Å²) in [5.74, 6) is -0.528. The van der Waals surface area contributed by atoms with Crippen LogP contribution in [0.5, 0.6) is 5.75 Å². The Kier molecular flexibility index (Phi) is 8.69. The third-order valence-electron chi connectivity index (χ3n) is 7.80. The molecule has 2 aromatic heterocycles. The van der Waals surface area contributed by atoms with Crippen molar-refractivity contribution in [1.82, 2.24) is 19.2 Å². The normalized spacial score (nSPS) is 16.1. The molecule has 1 unspecified atom stereocenters. The van der Waals surface area contributed by atoms with Crippen LogP contribution in [0.4, 0.5) is 8.78 Å². The number of aromatic nitrogens is 2. The number of nitrogens with one attached hydrogen (secondary N) is 2. The molecule has 12 heteroatoms. The van der Waals surface area contributed by atoms with E-state index in [0.717, 1.165) is 16.6 Å². The molecule has 40 heavy (non-hydrogen) atoms. The van der Waals surface area contributed by atoms with Crippen molar-refractivity contribution in [3.05, 3.63) is 63.2 Å². The molecule has 0 spiro atoms. The molecule has 9 nitrogen and oxygen atoms in total. The van der Waals surface area contributed by atoms with Crippen LogP contribution in [0.2, 0.25) is 0 Å². The van der Waals surface area contributed by atoms with Crippen LogP contribution in [0.1, 0.15) is 67.0 Å². The Morgan fingerprint density at radius 1 is 1.15 bits per heavy atom. The highest BCUT2D eigenvalue weighted by atomic mass is 32.2. The zero-order valence-corrected chi connectivity index (χ0v) is 24.1. The van der Waals surface area contributed by atoms with Crippen LogP contribution < -0.4 is 15.6 Å². The number of piperidine rings is 1. The summed E-state index contributed by atoms with van der Waals surface area (Å²) in [6.07, 6.45) is 1.40. The molecule has 0 aliphatic carbocycles. The molecule has 1 fully saturated rings. The SMILES string of the molecule is Cc1cc(OC(F)F)c(CNC(=O)c2c(C)n(C(C)C3CCN(S(=O)(=O)C(C)C)CC3)c3ccccc23)c(=O)[nH]1. The Bertz CT molecular complexity index is 1560. The van der Waals surface area contributed by atoms with Gasteiger partial charge in [0.1, 0.15) is 5.75 Å². The predicted octanol–water partition coefficient (Wildman–Crippen LogP) is 4.49. The van der Waals surface area contributed by atoms with Gasteiger partial charge in [-0.05, 0) is 59.4 Å². The second-order valence-electron chi connectivity index (χ2n) is 10.6. The van der Waals surface area contributed by atoms with Crippen molar-refractivity contribution in [2.75, 3.05) is 13.1 Å². The minimum atomic E-state index is -3.31. The summed E-state index contributed by atoms with van der Waals surface area (Å²) in [7, 11) is -3.31. The van der Waals surface area contributed by atoms with Gasteiger partial charge in [-0.15, -0.1) is 0 Å². The molecule has 0 bridgehead atoms. The summed E-state index contributed by atoms with van der Waals surface area (Å²) in [6, 6.07) is 8.80. The van der Waals surface area contributed by atoms with E-state index in [2.05, 4.69) is 26.5 Å². The van der Waals surface area contributed by atoms with Gasteiger partial charge in [0.05, 0.1) is 22.9 Å². The largest absolute Gasteiger partial charge is 0.434 e. The van der Waals surface area contributed by atoms with E-state index in [1.54, 1.807) is 25.1 Å². The minimum Gasteiger partial charge on any atom is -0.434 e. The molecule has 0 radical (unpaired) electrons. The molecule has 0 saturated carbocycles. The monoisotopic (exact) mass is 578 g/mol. The molecular formula is C28H36F2N4O5S. The number of aromatic amines is 1. The van der Waals surface area contributed by atoms with Crippen molar-refractivity contribution in [3.8, 4) is 5.75 Å². The molecule has 3 heterocycles. The second kappa shape index (κ2) is 11.7. The van der Waals surface area contributed by atoms with E-state index in [1.807, 2.05) is 31.2 Å². The number of alkyl halides is 2. The molecule has 4 rings (SSSR count). The van der Waals surface area contributed by atoms with E-state index in [4.69, 9.17) is 0 Å². The first-order valence-corrected chi connectivity index (χ1v) is 14.9. The first kappa shape index (κ1) is 29.7. The van der Waals surface area contributed by atoms with Gasteiger partial charge in [0.25, 0.3) is 11.5 Å². The first-order valence-electron chi connectivity index (χ1n) is 13.4. The Morgan fingerprint density at radius 2 is 1.80 bits per heavy atom. The van der Waals surface area contributed by atoms with Gasteiger partial charge in [-0.3, -0.25) is 9.59 Å². The Hall–Kier alpha value is -3.25. The summed E-state index contributed by atoms with van der Waals surface area (Å²) in [4.78, 5) is 28.5. The lowest BCUT2D eigenvalue weighted by Gasteiger charge is -2.36. The van der Waals surface area contributed by atoms with Gasteiger partial charge in [0.15, 0.2) is 0 Å². The van der Waals surface area contributed by atoms with Gasteiger partial charge in [-0.1, -0.05) is 18.2 Å². The molecule has 1 aliphatic rings. The van der Waals surface area contributed by atoms with E-state index in [9.17, 15) is 26.8 Å². The van der Waals surface area contributed by atoms with Gasteiger partial charge in [-0.2, -0.15) is 8.78 Å². The minimum absolute atomic E-state index is 0.0126. The van der Waals surface area contributed by atoms with Crippen LogP contribution in [-0.4, -0.2) is 53.1 Å². The number of H-pyrrole nitrogens is 1. The van der Waals surface area contributed by atoms with Gasteiger partial charge in [0, 0.05) is 47.5 Å². The fourth-order valence-corrected chi connectivity index (χ4v) is 6.95. The number of carbonyl (C=O) groups excluding carboxylic acids is 1. The molecule has 1 atom stereocenters. The summed E-state index contributed by atoms with van der Waals surface area (Å²) in [5.41, 5.74) is 1.67. The number of ether oxygens (including phenoxy) is 1. The maximum absolute atomic E-state index is 13.5. The fourth-order valence-electron chi connectivity index (χ4n) is 5.64. The highest BCUT2D eigenvalue weighted by Crippen LogP contribution is 2.36. The Labute approximate surface area is 232 Å². The van der Waals surface area contributed by atoms with Crippen molar-refractivity contribution < 1.29 is 26.7 Å². The number of rotatable bonds is 9. The number of fused-ring (bicyclic) bond motifs is 1. The number of halogens is 2. The van der Waals surface area contributed by atoms with Crippen molar-refractivity contribution >= 4 is 26.8 Å². The number of amides is 1. The lowest BCUT2D eigenvalue weighted by atomic mass is 9.91. The van der Waals surface area contributed by atoms with E-state index in [-0.39, 0.29) is 29.8 Å². The number of sulfonamides is 1. The molecular weight excluding hydrogens is 542 g/mol. The van der Waals surface area contributed by atoms with Crippen LogP contribution in [0.15, 0.2) is 35.1 Å². The summed E-state index contributed by atoms with van der Waals surface area (Å²) < 4.78 is 59.4. The maximum atomic E-state index is 13.5. The number of aryl methyl sites for hydroxylation is 1. The maximum Gasteiger partial charge on any atom is 0.387 e. The molecule has 1 aromatic carbocycles. The summed E-state index contributed by atoms with van der Waals surface area (Å²) in [5, 5.41) is 2.98. The number of pyridine rings is 1. The number of hydrogen-bond donors (Lipinski definition) is 2. The smallest absolute Gasteiger partial charge is 0.387 e. The van der Waals surface area contributed by atoms with Gasteiger partial charge < -0.3 is 19.6 Å². The van der Waals surface area contributed by atoms with Crippen LogP contribution in [0.3, 0.4) is 0 Å². The molecule has 1 amide bonds.